The topological polar surface area (TPSA) is 130 Å². The molecule has 3 unspecified atom stereocenters. The number of carbonyl (C=O) groups is 2. The largest absolute Gasteiger partial charge is 0.481 e. The van der Waals surface area contributed by atoms with Gasteiger partial charge >= 0.3 is 11.9 Å². The van der Waals surface area contributed by atoms with Crippen molar-refractivity contribution in [1.82, 2.24) is 4.90 Å². The maximum absolute atomic E-state index is 11.6. The molecule has 1 aliphatic heterocycles. The van der Waals surface area contributed by atoms with E-state index >= 15 is 0 Å². The Hall–Kier alpha value is -1.90. The predicted octanol–water partition coefficient (Wildman–Crippen LogP) is 1.25. The van der Waals surface area contributed by atoms with Crippen molar-refractivity contribution in [1.29, 1.82) is 0 Å². The first-order valence-electron chi connectivity index (χ1n) is 7.34. The molecule has 1 aliphatic rings. The number of hydrogen-bond donors (Lipinski definition) is 2. The van der Waals surface area contributed by atoms with Gasteiger partial charge in [-0.15, -0.1) is 10.1 Å². The van der Waals surface area contributed by atoms with Crippen LogP contribution in [0.4, 0.5) is 0 Å². The van der Waals surface area contributed by atoms with Crippen LogP contribution in [0.3, 0.4) is 0 Å². The van der Waals surface area contributed by atoms with E-state index < -0.39 is 52.6 Å². The van der Waals surface area contributed by atoms with Gasteiger partial charge in [0.15, 0.2) is 0 Å². The third-order valence-electron chi connectivity index (χ3n) is 4.81. The zero-order valence-corrected chi connectivity index (χ0v) is 14.0. The number of hydrogen-bond acceptors (Lipinski definition) is 6. The fraction of sp³-hybridized carbons (Fsp3) is 0.857. The minimum atomic E-state index is -1.06. The molecule has 132 valence electrons. The van der Waals surface area contributed by atoms with E-state index in [1.54, 1.807) is 32.6 Å². The van der Waals surface area contributed by atoms with Gasteiger partial charge in [0.2, 0.25) is 0 Å². The molecular weight excluding hydrogens is 308 g/mol. The molecule has 1 fully saturated rings. The van der Waals surface area contributed by atoms with E-state index in [9.17, 15) is 29.9 Å². The summed E-state index contributed by atoms with van der Waals surface area (Å²) in [6.45, 7) is 8.12. The molecule has 9 heteroatoms. The number of aliphatic carboxylic acids is 2. The quantitative estimate of drug-likeness (QED) is 0.549. The van der Waals surface area contributed by atoms with Gasteiger partial charge in [0, 0.05) is 17.0 Å². The van der Waals surface area contributed by atoms with Crippen molar-refractivity contribution in [2.24, 2.45) is 11.8 Å². The predicted molar refractivity (Wildman–Crippen MR) is 79.3 cm³/mol. The average Bonchev–Trinajstić information content (AvgIpc) is 2.34. The number of nitrogens with zero attached hydrogens (tertiary/aromatic N) is 2. The van der Waals surface area contributed by atoms with Crippen LogP contribution in [0.15, 0.2) is 0 Å². The fourth-order valence-electron chi connectivity index (χ4n) is 4.08. The summed E-state index contributed by atoms with van der Waals surface area (Å²) in [6.07, 6.45) is 0.176. The second-order valence-electron chi connectivity index (χ2n) is 7.13. The molecule has 0 amide bonds. The Kier molecular flexibility index (Phi) is 5.25. The lowest BCUT2D eigenvalue weighted by Gasteiger charge is -2.59. The molecule has 1 heterocycles. The normalized spacial score (nSPS) is 27.9. The number of piperidine rings is 1. The molecule has 9 nitrogen and oxygen atoms in total. The summed E-state index contributed by atoms with van der Waals surface area (Å²) in [4.78, 5) is 39.8. The van der Waals surface area contributed by atoms with Crippen molar-refractivity contribution < 1.29 is 29.7 Å². The molecule has 23 heavy (non-hydrogen) atoms. The Morgan fingerprint density at radius 3 is 2.26 bits per heavy atom. The van der Waals surface area contributed by atoms with Crippen LogP contribution in [0.2, 0.25) is 0 Å². The summed E-state index contributed by atoms with van der Waals surface area (Å²) < 4.78 is 0. The third kappa shape index (κ3) is 3.72. The molecular formula is C14H24N2O7. The molecule has 0 spiro atoms. The second-order valence-corrected chi connectivity index (χ2v) is 7.13. The minimum Gasteiger partial charge on any atom is -0.481 e. The van der Waals surface area contributed by atoms with E-state index in [2.05, 4.69) is 4.84 Å². The summed E-state index contributed by atoms with van der Waals surface area (Å²) in [5.41, 5.74) is -1.62. The lowest BCUT2D eigenvalue weighted by Crippen LogP contribution is -2.70. The van der Waals surface area contributed by atoms with Gasteiger partial charge in [-0.2, -0.15) is 0 Å². The van der Waals surface area contributed by atoms with E-state index in [0.29, 0.717) is 0 Å². The van der Waals surface area contributed by atoms with Crippen LogP contribution >= 0.6 is 0 Å². The van der Waals surface area contributed by atoms with Gasteiger partial charge in [0.25, 0.3) is 5.09 Å². The highest BCUT2D eigenvalue weighted by atomic mass is 16.9. The monoisotopic (exact) mass is 332 g/mol. The van der Waals surface area contributed by atoms with Crippen molar-refractivity contribution in [3.8, 4) is 0 Å². The Bertz CT molecular complexity index is 503. The third-order valence-corrected chi connectivity index (χ3v) is 4.81. The lowest BCUT2D eigenvalue weighted by atomic mass is 9.65. The van der Waals surface area contributed by atoms with Crippen molar-refractivity contribution in [2.45, 2.75) is 58.2 Å². The molecule has 0 aromatic carbocycles. The first-order valence-corrected chi connectivity index (χ1v) is 7.34. The first-order chi connectivity index (χ1) is 10.3. The second kappa shape index (κ2) is 6.31. The maximum atomic E-state index is 11.6. The van der Waals surface area contributed by atoms with Crippen LogP contribution in [-0.2, 0) is 14.4 Å². The van der Waals surface area contributed by atoms with Gasteiger partial charge in [-0.3, -0.25) is 14.5 Å². The van der Waals surface area contributed by atoms with Crippen molar-refractivity contribution in [3.05, 3.63) is 10.1 Å². The number of carboxylic acid groups (broad SMARTS) is 2. The summed E-state index contributed by atoms with van der Waals surface area (Å²) in [5.74, 6) is -3.68. The van der Waals surface area contributed by atoms with E-state index in [1.165, 1.54) is 6.92 Å². The van der Waals surface area contributed by atoms with Crippen LogP contribution in [0.25, 0.3) is 0 Å². The Morgan fingerprint density at radius 1 is 1.35 bits per heavy atom. The highest BCUT2D eigenvalue weighted by Gasteiger charge is 2.56. The Labute approximate surface area is 134 Å². The lowest BCUT2D eigenvalue weighted by molar-refractivity contribution is -0.760. The molecule has 0 aliphatic carbocycles. The summed E-state index contributed by atoms with van der Waals surface area (Å²) >= 11 is 0. The van der Waals surface area contributed by atoms with Crippen LogP contribution in [0.5, 0.6) is 0 Å². The average molecular weight is 332 g/mol. The molecule has 2 N–H and O–H groups in total. The number of likely N-dealkylation sites (tertiary alicyclic amines) is 1. The zero-order chi connectivity index (χ0) is 18.2. The van der Waals surface area contributed by atoms with E-state index in [4.69, 9.17) is 0 Å². The Morgan fingerprint density at radius 2 is 1.87 bits per heavy atom. The molecule has 1 rings (SSSR count). The van der Waals surface area contributed by atoms with Crippen LogP contribution in [0.1, 0.15) is 41.0 Å². The van der Waals surface area contributed by atoms with Crippen molar-refractivity contribution in [2.75, 3.05) is 6.61 Å². The smallest absolute Gasteiger partial charge is 0.320 e. The van der Waals surface area contributed by atoms with Gasteiger partial charge in [-0.05, 0) is 41.0 Å². The van der Waals surface area contributed by atoms with E-state index in [1.807, 2.05) is 0 Å². The molecule has 3 atom stereocenters. The maximum Gasteiger partial charge on any atom is 0.320 e. The minimum absolute atomic E-state index is 0.176. The number of rotatable bonds is 6. The van der Waals surface area contributed by atoms with Crippen LogP contribution < -0.4 is 0 Å². The van der Waals surface area contributed by atoms with Gasteiger partial charge in [-0.25, -0.2) is 0 Å². The van der Waals surface area contributed by atoms with E-state index in [0.717, 1.165) is 0 Å². The van der Waals surface area contributed by atoms with E-state index in [-0.39, 0.29) is 6.42 Å². The van der Waals surface area contributed by atoms with Gasteiger partial charge in [0.1, 0.15) is 12.6 Å². The molecule has 0 aromatic rings. The van der Waals surface area contributed by atoms with Gasteiger partial charge in [-0.1, -0.05) is 0 Å². The highest BCUT2D eigenvalue weighted by Crippen LogP contribution is 2.46. The Balaban J connectivity index is 3.31. The summed E-state index contributed by atoms with van der Waals surface area (Å²) in [7, 11) is 0. The summed E-state index contributed by atoms with van der Waals surface area (Å²) in [6, 6.07) is -0.868. The SMILES string of the molecule is CC(C(=O)O)N1C(C)(C)CC(C(=O)O)C(CO[N+](=O)[O-])C1(C)C. The van der Waals surface area contributed by atoms with Crippen LogP contribution in [0, 0.1) is 22.0 Å². The van der Waals surface area contributed by atoms with Crippen molar-refractivity contribution >= 4 is 11.9 Å². The fourth-order valence-corrected chi connectivity index (χ4v) is 4.08. The molecule has 0 saturated carbocycles. The van der Waals surface area contributed by atoms with Crippen molar-refractivity contribution in [3.63, 3.8) is 0 Å². The molecule has 1 saturated heterocycles. The molecule has 0 aromatic heterocycles. The van der Waals surface area contributed by atoms with Gasteiger partial charge < -0.3 is 15.1 Å². The van der Waals surface area contributed by atoms with Gasteiger partial charge in [0.05, 0.1) is 5.92 Å². The standard InChI is InChI=1S/C14H24N2O7/c1-8(11(17)18)15-13(2,3)6-9(12(19)20)10(14(15,4)5)7-23-16(21)22/h8-10H,6-7H2,1-5H3,(H,17,18)(H,19,20). The zero-order valence-electron chi connectivity index (χ0n) is 14.0. The highest BCUT2D eigenvalue weighted by molar-refractivity contribution is 5.74. The molecule has 0 radical (unpaired) electrons. The summed E-state index contributed by atoms with van der Waals surface area (Å²) in [5, 5.41) is 28.4. The first kappa shape index (κ1) is 19.1. The van der Waals surface area contributed by atoms with Crippen LogP contribution in [-0.4, -0.2) is 55.9 Å². The number of carboxylic acids is 2. The molecule has 0 bridgehead atoms.